The number of amides is 1. The van der Waals surface area contributed by atoms with Gasteiger partial charge in [0.15, 0.2) is 11.5 Å². The van der Waals surface area contributed by atoms with Gasteiger partial charge in [-0.2, -0.15) is 0 Å². The van der Waals surface area contributed by atoms with Crippen LogP contribution in [-0.4, -0.2) is 48.5 Å². The third-order valence-electron chi connectivity index (χ3n) is 4.67. The number of benzene rings is 2. The molecule has 2 aromatic carbocycles. The Kier molecular flexibility index (Phi) is 7.55. The molecule has 0 aliphatic carbocycles. The molecule has 0 heterocycles. The Morgan fingerprint density at radius 1 is 1.03 bits per heavy atom. The second-order valence-electron chi connectivity index (χ2n) is 6.62. The molecule has 8 nitrogen and oxygen atoms in total. The van der Waals surface area contributed by atoms with Crippen molar-refractivity contribution in [3.8, 4) is 17.2 Å². The summed E-state index contributed by atoms with van der Waals surface area (Å²) in [7, 11) is 0.870. The Balaban J connectivity index is 2.47. The third-order valence-corrected chi connectivity index (χ3v) is 5.92. The number of sulfonamides is 1. The minimum atomic E-state index is -3.61. The van der Waals surface area contributed by atoms with E-state index in [2.05, 4.69) is 5.32 Å². The summed E-state index contributed by atoms with van der Waals surface area (Å²) in [5.74, 6) is 0.935. The van der Waals surface area contributed by atoms with Gasteiger partial charge in [-0.25, -0.2) is 8.42 Å². The summed E-state index contributed by atoms with van der Waals surface area (Å²) in [6.07, 6.45) is 1.09. The quantitative estimate of drug-likeness (QED) is 0.649. The molecule has 0 fully saturated rings. The number of nitrogens with one attached hydrogen (secondary N) is 1. The van der Waals surface area contributed by atoms with Crippen LogP contribution < -0.4 is 23.8 Å². The predicted molar refractivity (Wildman–Crippen MR) is 116 cm³/mol. The van der Waals surface area contributed by atoms with Crippen molar-refractivity contribution in [2.45, 2.75) is 19.9 Å². The molecule has 9 heteroatoms. The van der Waals surface area contributed by atoms with Crippen molar-refractivity contribution in [2.24, 2.45) is 0 Å². The van der Waals surface area contributed by atoms with E-state index in [1.807, 2.05) is 31.2 Å². The number of ether oxygens (including phenoxy) is 3. The Bertz CT molecular complexity index is 989. The highest BCUT2D eigenvalue weighted by atomic mass is 32.2. The van der Waals surface area contributed by atoms with E-state index in [-0.39, 0.29) is 23.8 Å². The average Bonchev–Trinajstić information content (AvgIpc) is 2.72. The average molecular weight is 437 g/mol. The largest absolute Gasteiger partial charge is 0.497 e. The highest BCUT2D eigenvalue weighted by Crippen LogP contribution is 2.36. The first-order chi connectivity index (χ1) is 14.2. The molecule has 0 spiro atoms. The summed E-state index contributed by atoms with van der Waals surface area (Å²) < 4.78 is 41.5. The first kappa shape index (κ1) is 23.3. The highest BCUT2D eigenvalue weighted by molar-refractivity contribution is 7.92. The van der Waals surface area contributed by atoms with Gasteiger partial charge in [0.25, 0.3) is 5.91 Å². The van der Waals surface area contributed by atoms with Gasteiger partial charge in [0.1, 0.15) is 5.75 Å². The second kappa shape index (κ2) is 9.71. The molecule has 1 atom stereocenters. The highest BCUT2D eigenvalue weighted by Gasteiger charge is 2.26. The minimum Gasteiger partial charge on any atom is -0.497 e. The minimum absolute atomic E-state index is 0.155. The fraction of sp³-hybridized carbons (Fsp3) is 0.381. The molecular weight excluding hydrogens is 408 g/mol. The molecule has 0 radical (unpaired) electrons. The molecule has 2 aromatic rings. The van der Waals surface area contributed by atoms with Gasteiger partial charge >= 0.3 is 0 Å². The number of carbonyl (C=O) groups is 1. The maximum atomic E-state index is 13.1. The predicted octanol–water partition coefficient (Wildman–Crippen LogP) is 2.99. The molecule has 0 saturated heterocycles. The van der Waals surface area contributed by atoms with Crippen LogP contribution in [0.2, 0.25) is 0 Å². The van der Waals surface area contributed by atoms with E-state index < -0.39 is 15.9 Å². The number of rotatable bonds is 9. The molecule has 0 bridgehead atoms. The molecule has 164 valence electrons. The van der Waals surface area contributed by atoms with E-state index in [0.717, 1.165) is 16.1 Å². The molecule has 0 aromatic heterocycles. The number of hydrogen-bond donors (Lipinski definition) is 1. The van der Waals surface area contributed by atoms with E-state index >= 15 is 0 Å². The van der Waals surface area contributed by atoms with Crippen molar-refractivity contribution >= 4 is 21.6 Å². The van der Waals surface area contributed by atoms with Crippen molar-refractivity contribution in [1.29, 1.82) is 0 Å². The van der Waals surface area contributed by atoms with Gasteiger partial charge in [0.2, 0.25) is 10.0 Å². The normalized spacial score (nSPS) is 12.1. The summed E-state index contributed by atoms with van der Waals surface area (Å²) in [6, 6.07) is 9.99. The molecule has 0 unspecified atom stereocenters. The standard InChI is InChI=1S/C21H28N2O6S/c1-7-23(30(6,25)26)18-13-20(29-5)19(28-4)12-17(18)21(24)22-14(2)15-8-10-16(27-3)11-9-15/h8-14H,7H2,1-6H3,(H,22,24)/t14-/m1/s1. The van der Waals surface area contributed by atoms with Crippen LogP contribution in [0.4, 0.5) is 5.69 Å². The van der Waals surface area contributed by atoms with Crippen LogP contribution in [0, 0.1) is 0 Å². The van der Waals surface area contributed by atoms with Crippen LogP contribution in [-0.2, 0) is 10.0 Å². The van der Waals surface area contributed by atoms with Gasteiger partial charge in [-0.3, -0.25) is 9.10 Å². The number of nitrogens with zero attached hydrogens (tertiary/aromatic N) is 1. The Hall–Kier alpha value is -2.94. The van der Waals surface area contributed by atoms with Crippen LogP contribution in [0.15, 0.2) is 36.4 Å². The van der Waals surface area contributed by atoms with Crippen LogP contribution in [0.5, 0.6) is 17.2 Å². The fourth-order valence-electron chi connectivity index (χ4n) is 3.09. The topological polar surface area (TPSA) is 94.2 Å². The molecular formula is C21H28N2O6S. The molecule has 30 heavy (non-hydrogen) atoms. The zero-order valence-corrected chi connectivity index (χ0v) is 18.9. The summed E-state index contributed by atoms with van der Waals surface area (Å²) in [5.41, 5.74) is 1.26. The van der Waals surface area contributed by atoms with E-state index in [1.54, 1.807) is 14.0 Å². The fourth-order valence-corrected chi connectivity index (χ4v) is 4.07. The monoisotopic (exact) mass is 436 g/mol. The lowest BCUT2D eigenvalue weighted by molar-refractivity contribution is 0.0940. The molecule has 1 amide bonds. The lowest BCUT2D eigenvalue weighted by Crippen LogP contribution is -2.33. The first-order valence-electron chi connectivity index (χ1n) is 9.34. The molecule has 1 N–H and O–H groups in total. The second-order valence-corrected chi connectivity index (χ2v) is 8.53. The van der Waals surface area contributed by atoms with E-state index in [4.69, 9.17) is 14.2 Å². The number of methoxy groups -OCH3 is 3. The van der Waals surface area contributed by atoms with E-state index in [1.165, 1.54) is 26.4 Å². The maximum absolute atomic E-state index is 13.1. The van der Waals surface area contributed by atoms with Gasteiger partial charge in [-0.1, -0.05) is 12.1 Å². The smallest absolute Gasteiger partial charge is 0.254 e. The molecule has 0 aliphatic rings. The molecule has 0 saturated carbocycles. The SMILES string of the molecule is CCN(c1cc(OC)c(OC)cc1C(=O)N[C@H](C)c1ccc(OC)cc1)S(C)(=O)=O. The Morgan fingerprint density at radius 3 is 2.07 bits per heavy atom. The van der Waals surface area contributed by atoms with Crippen molar-refractivity contribution in [3.63, 3.8) is 0 Å². The van der Waals surface area contributed by atoms with Crippen molar-refractivity contribution < 1.29 is 27.4 Å². The Labute approximate surface area is 177 Å². The van der Waals surface area contributed by atoms with Crippen LogP contribution in [0.1, 0.15) is 35.8 Å². The lowest BCUT2D eigenvalue weighted by Gasteiger charge is -2.25. The summed E-state index contributed by atoms with van der Waals surface area (Å²) >= 11 is 0. The zero-order chi connectivity index (χ0) is 22.5. The van der Waals surface area contributed by atoms with E-state index in [0.29, 0.717) is 17.2 Å². The number of hydrogen-bond acceptors (Lipinski definition) is 6. The summed E-state index contributed by atoms with van der Waals surface area (Å²) in [4.78, 5) is 13.1. The number of anilines is 1. The Morgan fingerprint density at radius 2 is 1.60 bits per heavy atom. The molecule has 2 rings (SSSR count). The van der Waals surface area contributed by atoms with Crippen molar-refractivity contribution in [3.05, 3.63) is 47.5 Å². The van der Waals surface area contributed by atoms with E-state index in [9.17, 15) is 13.2 Å². The maximum Gasteiger partial charge on any atom is 0.254 e. The first-order valence-corrected chi connectivity index (χ1v) is 11.2. The van der Waals surface area contributed by atoms with Crippen LogP contribution in [0.25, 0.3) is 0 Å². The number of carbonyl (C=O) groups excluding carboxylic acids is 1. The van der Waals surface area contributed by atoms with Gasteiger partial charge in [0, 0.05) is 12.6 Å². The molecule has 0 aliphatic heterocycles. The van der Waals surface area contributed by atoms with Crippen LogP contribution >= 0.6 is 0 Å². The van der Waals surface area contributed by atoms with Crippen LogP contribution in [0.3, 0.4) is 0 Å². The summed E-state index contributed by atoms with van der Waals surface area (Å²) in [6.45, 7) is 3.69. The van der Waals surface area contributed by atoms with Crippen molar-refractivity contribution in [2.75, 3.05) is 38.4 Å². The lowest BCUT2D eigenvalue weighted by atomic mass is 10.1. The van der Waals surface area contributed by atoms with Gasteiger partial charge < -0.3 is 19.5 Å². The zero-order valence-electron chi connectivity index (χ0n) is 18.1. The van der Waals surface area contributed by atoms with Gasteiger partial charge in [-0.05, 0) is 37.6 Å². The van der Waals surface area contributed by atoms with Gasteiger partial charge in [0.05, 0.1) is 44.9 Å². The third kappa shape index (κ3) is 5.15. The summed E-state index contributed by atoms with van der Waals surface area (Å²) in [5, 5.41) is 2.91. The van der Waals surface area contributed by atoms with Crippen molar-refractivity contribution in [1.82, 2.24) is 5.32 Å². The van der Waals surface area contributed by atoms with Gasteiger partial charge in [-0.15, -0.1) is 0 Å².